The second-order valence-corrected chi connectivity index (χ2v) is 6.54. The average molecular weight is 335 g/mol. The van der Waals surface area contributed by atoms with Gasteiger partial charge in [0.25, 0.3) is 5.91 Å². The zero-order valence-corrected chi connectivity index (χ0v) is 13.6. The van der Waals surface area contributed by atoms with Crippen LogP contribution in [0.2, 0.25) is 0 Å². The normalized spacial score (nSPS) is 21.2. The Bertz CT molecular complexity index is 1120. The number of hydrogen-bond donors (Lipinski definition) is 1. The first-order valence-electron chi connectivity index (χ1n) is 7.98. The van der Waals surface area contributed by atoms with Crippen molar-refractivity contribution in [1.29, 1.82) is 0 Å². The molecule has 0 aliphatic carbocycles. The van der Waals surface area contributed by atoms with Crippen molar-refractivity contribution >= 4 is 28.5 Å². The van der Waals surface area contributed by atoms with Crippen molar-refractivity contribution in [1.82, 2.24) is 9.88 Å². The largest absolute Gasteiger partial charge is 0.327 e. The topological polar surface area (TPSA) is 54.3 Å². The number of amides is 2. The van der Waals surface area contributed by atoms with Gasteiger partial charge in [-0.2, -0.15) is 0 Å². The first kappa shape index (κ1) is 14.2. The van der Waals surface area contributed by atoms with Crippen LogP contribution in [-0.4, -0.2) is 23.6 Å². The molecule has 6 heteroatoms. The summed E-state index contributed by atoms with van der Waals surface area (Å²) in [6, 6.07) is 11.7. The highest BCUT2D eigenvalue weighted by Gasteiger charge is 2.56. The molecule has 25 heavy (non-hydrogen) atoms. The van der Waals surface area contributed by atoms with Crippen molar-refractivity contribution in [3.05, 3.63) is 65.1 Å². The number of fused-ring (bicyclic) bond motifs is 3. The molecule has 0 saturated carbocycles. The van der Waals surface area contributed by atoms with Gasteiger partial charge in [0.1, 0.15) is 5.82 Å². The molecule has 3 heterocycles. The maximum absolute atomic E-state index is 14.4. The third-order valence-corrected chi connectivity index (χ3v) is 5.26. The molecule has 124 valence electrons. The number of hydrogen-bond acceptors (Lipinski definition) is 2. The van der Waals surface area contributed by atoms with E-state index in [-0.39, 0.29) is 17.6 Å². The van der Waals surface area contributed by atoms with Crippen LogP contribution < -0.4 is 10.2 Å². The number of carbonyl (C=O) groups excluding carboxylic acids is 2. The number of para-hydroxylation sites is 2. The van der Waals surface area contributed by atoms with Gasteiger partial charge in [0.15, 0.2) is 5.54 Å². The predicted molar refractivity (Wildman–Crippen MR) is 91.2 cm³/mol. The van der Waals surface area contributed by atoms with Gasteiger partial charge in [0.05, 0.1) is 11.2 Å². The van der Waals surface area contributed by atoms with Gasteiger partial charge in [-0.3, -0.25) is 9.36 Å². The van der Waals surface area contributed by atoms with E-state index in [2.05, 4.69) is 5.32 Å². The lowest BCUT2D eigenvalue weighted by Gasteiger charge is -2.34. The number of carbonyl (C=O) groups is 2. The maximum atomic E-state index is 14.4. The third-order valence-electron chi connectivity index (χ3n) is 5.26. The lowest BCUT2D eigenvalue weighted by atomic mass is 9.82. The number of benzene rings is 2. The van der Waals surface area contributed by atoms with Crippen molar-refractivity contribution in [2.75, 3.05) is 11.9 Å². The molecular weight excluding hydrogens is 321 g/mol. The van der Waals surface area contributed by atoms with Crippen LogP contribution in [0.4, 0.5) is 14.9 Å². The highest BCUT2D eigenvalue weighted by atomic mass is 19.1. The summed E-state index contributed by atoms with van der Waals surface area (Å²) in [4.78, 5) is 27.4. The second-order valence-electron chi connectivity index (χ2n) is 6.54. The molecule has 1 aromatic heterocycles. The minimum Gasteiger partial charge on any atom is -0.315 e. The fraction of sp³-hybridized carbons (Fsp3) is 0.158. The van der Waals surface area contributed by atoms with E-state index in [9.17, 15) is 14.0 Å². The van der Waals surface area contributed by atoms with E-state index >= 15 is 0 Å². The number of rotatable bonds is 0. The predicted octanol–water partition coefficient (Wildman–Crippen LogP) is 2.88. The Morgan fingerprint density at radius 1 is 1.08 bits per heavy atom. The van der Waals surface area contributed by atoms with Crippen LogP contribution in [0.15, 0.2) is 42.5 Å². The highest BCUT2D eigenvalue weighted by molar-refractivity contribution is 6.15. The number of nitrogens with one attached hydrogen (secondary N) is 1. The molecule has 1 spiro atoms. The minimum absolute atomic E-state index is 0.210. The molecule has 0 radical (unpaired) electrons. The first-order chi connectivity index (χ1) is 12.0. The molecule has 0 bridgehead atoms. The lowest BCUT2D eigenvalue weighted by molar-refractivity contribution is -0.122. The summed E-state index contributed by atoms with van der Waals surface area (Å²) in [5.74, 6) is -0.845. The molecule has 1 unspecified atom stereocenters. The van der Waals surface area contributed by atoms with Crippen LogP contribution in [0.3, 0.4) is 0 Å². The van der Waals surface area contributed by atoms with E-state index in [1.165, 1.54) is 18.0 Å². The summed E-state index contributed by atoms with van der Waals surface area (Å²) in [5.41, 5.74) is 1.42. The first-order valence-corrected chi connectivity index (χ1v) is 7.98. The van der Waals surface area contributed by atoms with Gasteiger partial charge in [-0.05, 0) is 19.1 Å². The highest BCUT2D eigenvalue weighted by Crippen LogP contribution is 2.48. The Balaban J connectivity index is 1.97. The summed E-state index contributed by atoms with van der Waals surface area (Å²) in [6.07, 6.45) is 0. The van der Waals surface area contributed by atoms with E-state index in [1.807, 2.05) is 31.2 Å². The summed E-state index contributed by atoms with van der Waals surface area (Å²) < 4.78 is 16.0. The number of nitrogens with zero attached hydrogens (tertiary/aromatic N) is 2. The lowest BCUT2D eigenvalue weighted by Crippen LogP contribution is -2.56. The van der Waals surface area contributed by atoms with Gasteiger partial charge in [-0.25, -0.2) is 9.18 Å². The van der Waals surface area contributed by atoms with Crippen LogP contribution in [-0.2, 0) is 10.3 Å². The van der Waals surface area contributed by atoms with Crippen LogP contribution in [0, 0.1) is 12.7 Å². The van der Waals surface area contributed by atoms with E-state index in [0.29, 0.717) is 16.6 Å². The molecule has 0 saturated heterocycles. The molecule has 5 nitrogen and oxygen atoms in total. The van der Waals surface area contributed by atoms with Crippen molar-refractivity contribution in [2.45, 2.75) is 12.5 Å². The summed E-state index contributed by atoms with van der Waals surface area (Å²) in [6.45, 7) is 1.84. The van der Waals surface area contributed by atoms with E-state index in [1.54, 1.807) is 16.7 Å². The molecule has 2 amide bonds. The zero-order chi connectivity index (χ0) is 17.5. The minimum atomic E-state index is -1.40. The van der Waals surface area contributed by atoms with E-state index in [0.717, 1.165) is 11.1 Å². The molecule has 1 atom stereocenters. The van der Waals surface area contributed by atoms with Gasteiger partial charge in [-0.1, -0.05) is 30.3 Å². The Morgan fingerprint density at radius 2 is 1.80 bits per heavy atom. The summed E-state index contributed by atoms with van der Waals surface area (Å²) >= 11 is 0. The van der Waals surface area contributed by atoms with Gasteiger partial charge in [0, 0.05) is 29.3 Å². The maximum Gasteiger partial charge on any atom is 0.327 e. The number of aromatic nitrogens is 1. The van der Waals surface area contributed by atoms with Gasteiger partial charge in [-0.15, -0.1) is 0 Å². The quantitative estimate of drug-likeness (QED) is 0.687. The van der Waals surface area contributed by atoms with Gasteiger partial charge in [0.2, 0.25) is 0 Å². The Labute approximate surface area is 142 Å². The zero-order valence-electron chi connectivity index (χ0n) is 13.6. The SMILES string of the molecule is Cc1cc2cccc3c2n1C(=O)NC31C(=O)N(C)c2c(F)cccc21. The number of likely N-dealkylation sites (N-methyl/N-ethyl adjacent to an activating group) is 1. The number of aryl methyl sites for hydroxylation is 1. The number of halogens is 1. The molecule has 2 aromatic carbocycles. The molecule has 1 N–H and O–H groups in total. The van der Waals surface area contributed by atoms with E-state index in [4.69, 9.17) is 0 Å². The smallest absolute Gasteiger partial charge is 0.315 e. The molecule has 5 rings (SSSR count). The Morgan fingerprint density at radius 3 is 2.60 bits per heavy atom. The summed E-state index contributed by atoms with van der Waals surface area (Å²) in [5, 5.41) is 3.74. The van der Waals surface area contributed by atoms with Crippen LogP contribution in [0.1, 0.15) is 16.8 Å². The van der Waals surface area contributed by atoms with Crippen LogP contribution in [0.5, 0.6) is 0 Å². The van der Waals surface area contributed by atoms with Gasteiger partial charge >= 0.3 is 6.03 Å². The van der Waals surface area contributed by atoms with Crippen LogP contribution in [0.25, 0.3) is 10.9 Å². The Hall–Kier alpha value is -3.15. The van der Waals surface area contributed by atoms with Crippen molar-refractivity contribution in [3.63, 3.8) is 0 Å². The molecule has 3 aromatic rings. The third kappa shape index (κ3) is 1.44. The fourth-order valence-electron chi connectivity index (χ4n) is 4.25. The van der Waals surface area contributed by atoms with Crippen molar-refractivity contribution in [3.8, 4) is 0 Å². The standard InChI is InChI=1S/C19H14FN3O2/c1-10-9-11-5-3-6-12-15(11)23(10)18(25)21-19(12)13-7-4-8-14(20)16(13)22(2)17(19)24/h3-9H,1-2H3,(H,21,25). The van der Waals surface area contributed by atoms with Gasteiger partial charge < -0.3 is 10.2 Å². The fourth-order valence-corrected chi connectivity index (χ4v) is 4.25. The molecule has 2 aliphatic heterocycles. The average Bonchev–Trinajstić information content (AvgIpc) is 3.03. The Kier molecular flexibility index (Phi) is 2.43. The second kappa shape index (κ2) is 4.27. The van der Waals surface area contributed by atoms with E-state index < -0.39 is 11.4 Å². The van der Waals surface area contributed by atoms with Crippen LogP contribution >= 0.6 is 0 Å². The molecular formula is C19H14FN3O2. The molecule has 2 aliphatic rings. The number of anilines is 1. The van der Waals surface area contributed by atoms with Crippen molar-refractivity contribution in [2.24, 2.45) is 0 Å². The monoisotopic (exact) mass is 335 g/mol. The van der Waals surface area contributed by atoms with Crippen molar-refractivity contribution < 1.29 is 14.0 Å². The summed E-state index contributed by atoms with van der Waals surface area (Å²) in [7, 11) is 1.53. The molecule has 0 fully saturated rings.